The van der Waals surface area contributed by atoms with Gasteiger partial charge in [0.15, 0.2) is 0 Å². The molecule has 0 aromatic rings. The maximum absolute atomic E-state index is 11.5. The van der Waals surface area contributed by atoms with Gasteiger partial charge in [0.2, 0.25) is 5.91 Å². The van der Waals surface area contributed by atoms with E-state index in [4.69, 9.17) is 10.5 Å². The molecule has 2 unspecified atom stereocenters. The third kappa shape index (κ3) is 4.55. The Kier molecular flexibility index (Phi) is 6.05. The minimum absolute atomic E-state index is 0.264. The van der Waals surface area contributed by atoms with Crippen molar-refractivity contribution in [2.45, 2.75) is 45.3 Å². The molecule has 0 bridgehead atoms. The topological polar surface area (TPSA) is 67.6 Å². The molecule has 106 valence electrons. The average molecular weight is 257 g/mol. The van der Waals surface area contributed by atoms with Crippen molar-refractivity contribution < 1.29 is 9.53 Å². The van der Waals surface area contributed by atoms with Gasteiger partial charge in [0.25, 0.3) is 0 Å². The fourth-order valence-electron chi connectivity index (χ4n) is 2.44. The van der Waals surface area contributed by atoms with E-state index in [1.54, 1.807) is 0 Å². The van der Waals surface area contributed by atoms with E-state index < -0.39 is 5.54 Å². The number of carbonyl (C=O) groups is 1. The molecule has 1 aliphatic heterocycles. The Bertz CT molecular complexity index is 273. The number of ether oxygens (including phenoxy) is 1. The molecule has 1 heterocycles. The molecule has 5 heteroatoms. The van der Waals surface area contributed by atoms with Gasteiger partial charge in [-0.2, -0.15) is 0 Å². The van der Waals surface area contributed by atoms with E-state index in [-0.39, 0.29) is 5.91 Å². The molecule has 0 aliphatic carbocycles. The summed E-state index contributed by atoms with van der Waals surface area (Å²) in [4.78, 5) is 13.9. The Labute approximate surface area is 110 Å². The first kappa shape index (κ1) is 15.4. The molecule has 5 nitrogen and oxygen atoms in total. The minimum atomic E-state index is -0.577. The van der Waals surface area contributed by atoms with Gasteiger partial charge in [0.1, 0.15) is 0 Å². The largest absolute Gasteiger partial charge is 0.376 e. The molecule has 1 aliphatic rings. The molecule has 1 fully saturated rings. The summed E-state index contributed by atoms with van der Waals surface area (Å²) in [7, 11) is 0. The van der Waals surface area contributed by atoms with Crippen molar-refractivity contribution in [2.24, 2.45) is 5.73 Å². The van der Waals surface area contributed by atoms with Crippen LogP contribution < -0.4 is 11.1 Å². The maximum Gasteiger partial charge on any atom is 0.237 e. The molecule has 2 atom stereocenters. The van der Waals surface area contributed by atoms with Gasteiger partial charge in [0.05, 0.1) is 18.2 Å². The van der Waals surface area contributed by atoms with Crippen molar-refractivity contribution >= 4 is 5.91 Å². The van der Waals surface area contributed by atoms with Gasteiger partial charge in [-0.3, -0.25) is 9.69 Å². The summed E-state index contributed by atoms with van der Waals surface area (Å²) in [5, 5.41) is 3.19. The van der Waals surface area contributed by atoms with Crippen molar-refractivity contribution in [3.63, 3.8) is 0 Å². The van der Waals surface area contributed by atoms with Crippen LogP contribution in [0.2, 0.25) is 0 Å². The Morgan fingerprint density at radius 2 is 2.33 bits per heavy atom. The molecule has 0 spiro atoms. The number of nitrogens with zero attached hydrogens (tertiary/aromatic N) is 1. The van der Waals surface area contributed by atoms with E-state index >= 15 is 0 Å². The quantitative estimate of drug-likeness (QED) is 0.690. The molecule has 18 heavy (non-hydrogen) atoms. The summed E-state index contributed by atoms with van der Waals surface area (Å²) in [5.41, 5.74) is 4.89. The molecule has 3 N–H and O–H groups in total. The smallest absolute Gasteiger partial charge is 0.237 e. The molecule has 0 radical (unpaired) electrons. The van der Waals surface area contributed by atoms with Crippen LogP contribution in [0.15, 0.2) is 0 Å². The van der Waals surface area contributed by atoms with Crippen LogP contribution in [0.5, 0.6) is 0 Å². The highest BCUT2D eigenvalue weighted by atomic mass is 16.5. The number of morpholine rings is 1. The lowest BCUT2D eigenvalue weighted by Gasteiger charge is -2.32. The average Bonchev–Trinajstić information content (AvgIpc) is 2.29. The molecule has 1 rings (SSSR count). The molecule has 1 saturated heterocycles. The van der Waals surface area contributed by atoms with E-state index in [1.165, 1.54) is 0 Å². The van der Waals surface area contributed by atoms with Crippen molar-refractivity contribution in [1.82, 2.24) is 10.2 Å². The normalized spacial score (nSPS) is 24.7. The first-order chi connectivity index (χ1) is 8.48. The standard InChI is InChI=1S/C13H27N3O2/c1-4-15-13(3,12(14)17)6-5-7-16-8-9-18-11(2)10-16/h11,15H,4-10H2,1-3H3,(H2,14,17). The number of hydrogen-bond donors (Lipinski definition) is 2. The monoisotopic (exact) mass is 257 g/mol. The number of primary amides is 1. The lowest BCUT2D eigenvalue weighted by molar-refractivity contribution is -0.124. The molecule has 0 saturated carbocycles. The highest BCUT2D eigenvalue weighted by Crippen LogP contribution is 2.13. The zero-order valence-electron chi connectivity index (χ0n) is 11.9. The predicted molar refractivity (Wildman–Crippen MR) is 72.4 cm³/mol. The van der Waals surface area contributed by atoms with Crippen molar-refractivity contribution in [3.05, 3.63) is 0 Å². The van der Waals surface area contributed by atoms with Crippen LogP contribution in [0, 0.1) is 0 Å². The molecular weight excluding hydrogens is 230 g/mol. The van der Waals surface area contributed by atoms with Crippen LogP contribution in [-0.4, -0.2) is 55.2 Å². The predicted octanol–water partition coefficient (Wildman–Crippen LogP) is 0.341. The number of nitrogens with two attached hydrogens (primary N) is 1. The summed E-state index contributed by atoms with van der Waals surface area (Å²) in [6.45, 7) is 10.5. The fourth-order valence-corrected chi connectivity index (χ4v) is 2.44. The van der Waals surface area contributed by atoms with Crippen LogP contribution in [0.25, 0.3) is 0 Å². The Morgan fingerprint density at radius 3 is 2.89 bits per heavy atom. The van der Waals surface area contributed by atoms with Crippen molar-refractivity contribution in [2.75, 3.05) is 32.8 Å². The van der Waals surface area contributed by atoms with E-state index in [0.29, 0.717) is 6.10 Å². The number of rotatable bonds is 7. The number of likely N-dealkylation sites (N-methyl/N-ethyl adjacent to an activating group) is 1. The molecule has 0 aromatic heterocycles. The lowest BCUT2D eigenvalue weighted by Crippen LogP contribution is -2.53. The number of hydrogen-bond acceptors (Lipinski definition) is 4. The highest BCUT2D eigenvalue weighted by Gasteiger charge is 2.29. The van der Waals surface area contributed by atoms with Gasteiger partial charge in [-0.15, -0.1) is 0 Å². The van der Waals surface area contributed by atoms with Gasteiger partial charge in [-0.1, -0.05) is 6.92 Å². The second-order valence-corrected chi connectivity index (χ2v) is 5.31. The first-order valence-electron chi connectivity index (χ1n) is 6.87. The van der Waals surface area contributed by atoms with Crippen LogP contribution in [0.1, 0.15) is 33.6 Å². The summed E-state index contributed by atoms with van der Waals surface area (Å²) < 4.78 is 5.50. The van der Waals surface area contributed by atoms with Crippen molar-refractivity contribution in [1.29, 1.82) is 0 Å². The molecular formula is C13H27N3O2. The van der Waals surface area contributed by atoms with E-state index in [9.17, 15) is 4.79 Å². The van der Waals surface area contributed by atoms with Gasteiger partial charge < -0.3 is 15.8 Å². The van der Waals surface area contributed by atoms with Gasteiger partial charge >= 0.3 is 0 Å². The van der Waals surface area contributed by atoms with Crippen LogP contribution in [0.3, 0.4) is 0 Å². The third-order valence-corrected chi connectivity index (χ3v) is 3.59. The van der Waals surface area contributed by atoms with E-state index in [0.717, 1.165) is 45.6 Å². The summed E-state index contributed by atoms with van der Waals surface area (Å²) in [6, 6.07) is 0. The summed E-state index contributed by atoms with van der Waals surface area (Å²) >= 11 is 0. The minimum Gasteiger partial charge on any atom is -0.376 e. The van der Waals surface area contributed by atoms with Gasteiger partial charge in [0, 0.05) is 13.1 Å². The fraction of sp³-hybridized carbons (Fsp3) is 0.923. The summed E-state index contributed by atoms with van der Waals surface area (Å²) in [5.74, 6) is -0.264. The van der Waals surface area contributed by atoms with Crippen LogP contribution >= 0.6 is 0 Å². The summed E-state index contributed by atoms with van der Waals surface area (Å²) in [6.07, 6.45) is 2.07. The zero-order valence-corrected chi connectivity index (χ0v) is 11.9. The number of carbonyl (C=O) groups excluding carboxylic acids is 1. The number of nitrogens with one attached hydrogen (secondary N) is 1. The first-order valence-corrected chi connectivity index (χ1v) is 6.87. The second kappa shape index (κ2) is 7.07. The Balaban J connectivity index is 2.32. The van der Waals surface area contributed by atoms with E-state index in [1.807, 2.05) is 13.8 Å². The van der Waals surface area contributed by atoms with E-state index in [2.05, 4.69) is 17.1 Å². The molecule has 1 amide bonds. The van der Waals surface area contributed by atoms with Crippen LogP contribution in [0.4, 0.5) is 0 Å². The Morgan fingerprint density at radius 1 is 1.61 bits per heavy atom. The van der Waals surface area contributed by atoms with Gasteiger partial charge in [-0.25, -0.2) is 0 Å². The van der Waals surface area contributed by atoms with Gasteiger partial charge in [-0.05, 0) is 39.8 Å². The maximum atomic E-state index is 11.5. The van der Waals surface area contributed by atoms with Crippen molar-refractivity contribution in [3.8, 4) is 0 Å². The second-order valence-electron chi connectivity index (χ2n) is 5.31. The van der Waals surface area contributed by atoms with Crippen LogP contribution in [-0.2, 0) is 9.53 Å². The molecule has 0 aromatic carbocycles. The number of amides is 1. The highest BCUT2D eigenvalue weighted by molar-refractivity contribution is 5.84. The Hall–Kier alpha value is -0.650. The zero-order chi connectivity index (χ0) is 13.6. The SMILES string of the molecule is CCNC(C)(CCCN1CCOC(C)C1)C(N)=O. The lowest BCUT2D eigenvalue weighted by atomic mass is 9.94. The third-order valence-electron chi connectivity index (χ3n) is 3.59.